The van der Waals surface area contributed by atoms with Crippen molar-refractivity contribution in [2.75, 3.05) is 44.7 Å². The number of amides is 1. The number of hydrogen-bond acceptors (Lipinski definition) is 8. The summed E-state index contributed by atoms with van der Waals surface area (Å²) in [5.74, 6) is 8.25. The van der Waals surface area contributed by atoms with Crippen LogP contribution in [-0.4, -0.2) is 65.2 Å². The van der Waals surface area contributed by atoms with Gasteiger partial charge in [-0.25, -0.2) is 9.97 Å². The lowest BCUT2D eigenvalue weighted by molar-refractivity contribution is -0.123. The molecule has 2 N–H and O–H groups in total. The SMILES string of the molecule is Cc1ccc(Oc2ccc(Nc3ncnc4ccc(C#CCNC(=O)CN5CCOCC5)cc34)cc2C)cn1. The third-order valence-electron chi connectivity index (χ3n) is 6.26. The van der Waals surface area contributed by atoms with Gasteiger partial charge in [0, 0.05) is 35.4 Å². The summed E-state index contributed by atoms with van der Waals surface area (Å²) in [6, 6.07) is 15.5. The molecule has 1 fully saturated rings. The number of ether oxygens (including phenoxy) is 2. The largest absolute Gasteiger partial charge is 0.455 e. The molecule has 1 aliphatic heterocycles. The molecule has 0 aliphatic carbocycles. The highest BCUT2D eigenvalue weighted by Crippen LogP contribution is 2.29. The van der Waals surface area contributed by atoms with Gasteiger partial charge in [-0.15, -0.1) is 0 Å². The van der Waals surface area contributed by atoms with Crippen LogP contribution in [0.25, 0.3) is 10.9 Å². The van der Waals surface area contributed by atoms with Crippen LogP contribution in [0.3, 0.4) is 0 Å². The third kappa shape index (κ3) is 7.08. The molecule has 0 saturated carbocycles. The van der Waals surface area contributed by atoms with Gasteiger partial charge in [-0.1, -0.05) is 11.8 Å². The number of carbonyl (C=O) groups is 1. The highest BCUT2D eigenvalue weighted by atomic mass is 16.5. The summed E-state index contributed by atoms with van der Waals surface area (Å²) in [6.07, 6.45) is 3.25. The molecule has 0 radical (unpaired) electrons. The number of nitrogens with zero attached hydrogens (tertiary/aromatic N) is 4. The molecule has 1 saturated heterocycles. The molecule has 0 unspecified atom stereocenters. The van der Waals surface area contributed by atoms with E-state index in [1.54, 1.807) is 6.20 Å². The van der Waals surface area contributed by atoms with Gasteiger partial charge in [-0.3, -0.25) is 14.7 Å². The average molecular weight is 523 g/mol. The van der Waals surface area contributed by atoms with Gasteiger partial charge in [0.05, 0.1) is 38.0 Å². The van der Waals surface area contributed by atoms with E-state index in [9.17, 15) is 4.79 Å². The summed E-state index contributed by atoms with van der Waals surface area (Å²) in [7, 11) is 0. The fourth-order valence-electron chi connectivity index (χ4n) is 4.16. The summed E-state index contributed by atoms with van der Waals surface area (Å²) in [6.45, 7) is 7.47. The second kappa shape index (κ2) is 12.3. The van der Waals surface area contributed by atoms with Gasteiger partial charge in [-0.05, 0) is 67.9 Å². The zero-order valence-corrected chi connectivity index (χ0v) is 22.0. The van der Waals surface area contributed by atoms with E-state index in [4.69, 9.17) is 9.47 Å². The fourth-order valence-corrected chi connectivity index (χ4v) is 4.16. The van der Waals surface area contributed by atoms with Gasteiger partial charge in [0.2, 0.25) is 5.91 Å². The number of hydrogen-bond donors (Lipinski definition) is 2. The maximum atomic E-state index is 12.2. The first kappa shape index (κ1) is 26.1. The van der Waals surface area contributed by atoms with E-state index in [0.29, 0.717) is 31.3 Å². The molecule has 0 atom stereocenters. The molecule has 0 spiro atoms. The lowest BCUT2D eigenvalue weighted by Crippen LogP contribution is -2.43. The maximum absolute atomic E-state index is 12.2. The number of aryl methyl sites for hydroxylation is 2. The van der Waals surface area contributed by atoms with Gasteiger partial charge in [0.15, 0.2) is 0 Å². The molecule has 1 aliphatic rings. The topological polar surface area (TPSA) is 102 Å². The van der Waals surface area contributed by atoms with E-state index in [-0.39, 0.29) is 12.5 Å². The van der Waals surface area contributed by atoms with E-state index in [2.05, 4.69) is 42.3 Å². The Morgan fingerprint density at radius 1 is 1.05 bits per heavy atom. The Morgan fingerprint density at radius 3 is 2.72 bits per heavy atom. The molecule has 5 rings (SSSR count). The van der Waals surface area contributed by atoms with Gasteiger partial charge >= 0.3 is 0 Å². The fraction of sp³-hybridized carbons (Fsp3) is 0.267. The van der Waals surface area contributed by atoms with Crippen molar-refractivity contribution in [1.82, 2.24) is 25.2 Å². The maximum Gasteiger partial charge on any atom is 0.234 e. The third-order valence-corrected chi connectivity index (χ3v) is 6.26. The molecule has 4 aromatic rings. The predicted octanol–water partition coefficient (Wildman–Crippen LogP) is 3.98. The van der Waals surface area contributed by atoms with Crippen molar-refractivity contribution in [3.8, 4) is 23.3 Å². The number of nitrogens with one attached hydrogen (secondary N) is 2. The van der Waals surface area contributed by atoms with Crippen LogP contribution in [0.15, 0.2) is 61.1 Å². The molecule has 39 heavy (non-hydrogen) atoms. The number of anilines is 2. The van der Waals surface area contributed by atoms with Crippen LogP contribution < -0.4 is 15.4 Å². The van der Waals surface area contributed by atoms with E-state index in [1.165, 1.54) is 6.33 Å². The molecular formula is C30H30N6O3. The van der Waals surface area contributed by atoms with Crippen molar-refractivity contribution in [1.29, 1.82) is 0 Å². The molecule has 3 heterocycles. The Hall–Kier alpha value is -4.52. The van der Waals surface area contributed by atoms with E-state index in [0.717, 1.165) is 52.3 Å². The average Bonchev–Trinajstić information content (AvgIpc) is 2.94. The number of carbonyl (C=O) groups excluding carboxylic acids is 1. The highest BCUT2D eigenvalue weighted by Gasteiger charge is 2.13. The van der Waals surface area contributed by atoms with Crippen LogP contribution in [0.1, 0.15) is 16.8 Å². The van der Waals surface area contributed by atoms with Crippen molar-refractivity contribution in [3.63, 3.8) is 0 Å². The van der Waals surface area contributed by atoms with Crippen molar-refractivity contribution in [3.05, 3.63) is 77.9 Å². The van der Waals surface area contributed by atoms with Crippen molar-refractivity contribution in [2.45, 2.75) is 13.8 Å². The highest BCUT2D eigenvalue weighted by molar-refractivity contribution is 5.91. The zero-order chi connectivity index (χ0) is 27.0. The van der Waals surface area contributed by atoms with E-state index >= 15 is 0 Å². The first-order valence-electron chi connectivity index (χ1n) is 12.8. The van der Waals surface area contributed by atoms with Crippen molar-refractivity contribution < 1.29 is 14.3 Å². The van der Waals surface area contributed by atoms with Crippen LogP contribution in [0.5, 0.6) is 11.5 Å². The molecule has 9 nitrogen and oxygen atoms in total. The van der Waals surface area contributed by atoms with Gasteiger partial charge < -0.3 is 20.1 Å². The Kier molecular flexibility index (Phi) is 8.26. The summed E-state index contributed by atoms with van der Waals surface area (Å²) >= 11 is 0. The molecule has 2 aromatic heterocycles. The summed E-state index contributed by atoms with van der Waals surface area (Å²) in [4.78, 5) is 27.4. The Bertz CT molecular complexity index is 1520. The molecule has 0 bridgehead atoms. The lowest BCUT2D eigenvalue weighted by atomic mass is 10.1. The van der Waals surface area contributed by atoms with Gasteiger partial charge in [0.25, 0.3) is 0 Å². The van der Waals surface area contributed by atoms with Crippen LogP contribution in [-0.2, 0) is 9.53 Å². The monoisotopic (exact) mass is 522 g/mol. The van der Waals surface area contributed by atoms with Crippen molar-refractivity contribution in [2.24, 2.45) is 0 Å². The minimum atomic E-state index is -0.0353. The van der Waals surface area contributed by atoms with Crippen LogP contribution in [0, 0.1) is 25.7 Å². The Labute approximate surface area is 227 Å². The van der Waals surface area contributed by atoms with Crippen LogP contribution >= 0.6 is 0 Å². The summed E-state index contributed by atoms with van der Waals surface area (Å²) in [5, 5.41) is 7.11. The molecular weight excluding hydrogens is 492 g/mol. The van der Waals surface area contributed by atoms with Crippen LogP contribution in [0.4, 0.5) is 11.5 Å². The van der Waals surface area contributed by atoms with E-state index in [1.807, 2.05) is 62.4 Å². The molecule has 2 aromatic carbocycles. The number of pyridine rings is 1. The predicted molar refractivity (Wildman–Crippen MR) is 150 cm³/mol. The lowest BCUT2D eigenvalue weighted by Gasteiger charge is -2.25. The summed E-state index contributed by atoms with van der Waals surface area (Å²) in [5.41, 5.74) is 4.41. The molecule has 198 valence electrons. The van der Waals surface area contributed by atoms with Crippen LogP contribution in [0.2, 0.25) is 0 Å². The first-order chi connectivity index (χ1) is 19.0. The van der Waals surface area contributed by atoms with Gasteiger partial charge in [0.1, 0.15) is 23.6 Å². The van der Waals surface area contributed by atoms with Gasteiger partial charge in [-0.2, -0.15) is 0 Å². The number of rotatable bonds is 7. The molecule has 1 amide bonds. The number of fused-ring (bicyclic) bond motifs is 1. The number of aromatic nitrogens is 3. The first-order valence-corrected chi connectivity index (χ1v) is 12.8. The smallest absolute Gasteiger partial charge is 0.234 e. The van der Waals surface area contributed by atoms with E-state index < -0.39 is 0 Å². The normalized spacial score (nSPS) is 13.4. The van der Waals surface area contributed by atoms with Crippen molar-refractivity contribution >= 4 is 28.3 Å². The Balaban J connectivity index is 1.24. The minimum Gasteiger partial charge on any atom is -0.455 e. The second-order valence-electron chi connectivity index (χ2n) is 9.26. The minimum absolute atomic E-state index is 0.0353. The number of benzene rings is 2. The zero-order valence-electron chi connectivity index (χ0n) is 22.0. The molecule has 9 heteroatoms. The Morgan fingerprint density at radius 2 is 1.92 bits per heavy atom. The summed E-state index contributed by atoms with van der Waals surface area (Å²) < 4.78 is 11.3. The standard InChI is InChI=1S/C30H30N6O3/c1-21-16-24(7-10-28(21)39-25-8-5-22(2)32-18-25)35-30-26-17-23(6-9-27(26)33-20-34-30)4-3-11-31-29(37)19-36-12-14-38-15-13-36/h5-10,16-18,20H,11-15,19H2,1-2H3,(H,31,37)(H,33,34,35). The second-order valence-corrected chi connectivity index (χ2v) is 9.26. The number of morpholine rings is 1. The quantitative estimate of drug-likeness (QED) is 0.352.